The summed E-state index contributed by atoms with van der Waals surface area (Å²) < 4.78 is 89.1. The van der Waals surface area contributed by atoms with Crippen LogP contribution in [0.4, 0.5) is 30.7 Å². The third-order valence-corrected chi connectivity index (χ3v) is 1.29. The van der Waals surface area contributed by atoms with Gasteiger partial charge in [0.15, 0.2) is 0 Å². The molecular weight excluding hydrogens is 217 g/mol. The first-order valence-corrected chi connectivity index (χ1v) is 2.94. The van der Waals surface area contributed by atoms with Crippen molar-refractivity contribution in [2.45, 2.75) is 17.4 Å². The summed E-state index contributed by atoms with van der Waals surface area (Å²) in [7, 11) is 0. The van der Waals surface area contributed by atoms with Crippen LogP contribution in [0, 0.1) is 0 Å². The molecule has 0 radical (unpaired) electrons. The highest BCUT2D eigenvalue weighted by atomic mass is 32.1. The van der Waals surface area contributed by atoms with Gasteiger partial charge in [-0.25, -0.2) is 0 Å². The van der Waals surface area contributed by atoms with Gasteiger partial charge in [0.1, 0.15) is 0 Å². The van der Waals surface area contributed by atoms with Gasteiger partial charge < -0.3 is 0 Å². The second-order valence-corrected chi connectivity index (χ2v) is 2.35. The van der Waals surface area contributed by atoms with E-state index in [1.54, 1.807) is 0 Å². The van der Waals surface area contributed by atoms with Gasteiger partial charge in [-0.2, -0.15) is 22.0 Å². The average Bonchev–Trinajstić information content (AvgIpc) is 1.85. The molecule has 0 heterocycles. The van der Waals surface area contributed by atoms with Gasteiger partial charge in [0.25, 0.3) is 0 Å². The van der Waals surface area contributed by atoms with E-state index >= 15 is 0 Å². The molecule has 0 saturated carbocycles. The topological polar surface area (TPSA) is 17.1 Å². The number of hydrogen-bond acceptors (Lipinski definition) is 1. The molecule has 0 aliphatic carbocycles. The molecule has 12 heavy (non-hydrogen) atoms. The van der Waals surface area contributed by atoms with E-state index in [-0.39, 0.29) is 0 Å². The van der Waals surface area contributed by atoms with Crippen LogP contribution < -0.4 is 0 Å². The molecule has 0 aromatic rings. The Labute approximate surface area is 65.0 Å². The minimum atomic E-state index is -6.42. The lowest BCUT2D eigenvalue weighted by Crippen LogP contribution is -2.51. The zero-order chi connectivity index (χ0) is 10.2. The van der Waals surface area contributed by atoms with Crippen molar-refractivity contribution in [3.63, 3.8) is 0 Å². The van der Waals surface area contributed by atoms with Crippen molar-refractivity contribution in [1.29, 1.82) is 0 Å². The van der Waals surface area contributed by atoms with Crippen molar-refractivity contribution < 1.29 is 34.9 Å². The molecule has 0 aromatic heterocycles. The van der Waals surface area contributed by atoms with Crippen LogP contribution in [0.15, 0.2) is 0 Å². The maximum atomic E-state index is 11.6. The van der Waals surface area contributed by atoms with Gasteiger partial charge in [0.2, 0.25) is 0 Å². The minimum absolute atomic E-state index is 2.09. The molecule has 0 aliphatic rings. The molecular formula is C3F7OS+. The van der Waals surface area contributed by atoms with Crippen LogP contribution in [0.2, 0.25) is 0 Å². The second kappa shape index (κ2) is 2.79. The van der Waals surface area contributed by atoms with E-state index in [2.05, 4.69) is 0 Å². The third-order valence-electron chi connectivity index (χ3n) is 0.826. The van der Waals surface area contributed by atoms with Crippen LogP contribution in [-0.2, 0) is 15.9 Å². The largest absolute Gasteiger partial charge is 0.603 e. The molecule has 0 fully saturated rings. The van der Waals surface area contributed by atoms with E-state index in [1.165, 1.54) is 0 Å². The Morgan fingerprint density at radius 3 is 1.25 bits per heavy atom. The van der Waals surface area contributed by atoms with Crippen LogP contribution in [0.1, 0.15) is 0 Å². The summed E-state index contributed by atoms with van der Waals surface area (Å²) in [5.74, 6) is -6.30. The van der Waals surface area contributed by atoms with E-state index in [4.69, 9.17) is 0 Å². The predicted molar refractivity (Wildman–Crippen MR) is 24.0 cm³/mol. The molecule has 0 unspecified atom stereocenters. The molecule has 0 aromatic carbocycles. The maximum Gasteiger partial charge on any atom is 0.603 e. The Bertz CT molecular complexity index is 184. The molecule has 72 valence electrons. The Kier molecular flexibility index (Phi) is 2.68. The van der Waals surface area contributed by atoms with Crippen LogP contribution in [0.25, 0.3) is 0 Å². The molecule has 0 rings (SSSR count). The second-order valence-electron chi connectivity index (χ2n) is 1.67. The van der Waals surface area contributed by atoms with E-state index in [1.807, 2.05) is 0 Å². The van der Waals surface area contributed by atoms with Gasteiger partial charge >= 0.3 is 29.0 Å². The number of rotatable bonds is 2. The van der Waals surface area contributed by atoms with E-state index < -0.39 is 29.0 Å². The van der Waals surface area contributed by atoms with Crippen LogP contribution >= 0.6 is 0 Å². The SMILES string of the molecule is O=[S+]C(F)(F)C(F)(F)C(F)(F)F. The summed E-state index contributed by atoms with van der Waals surface area (Å²) >= 11 is -2.09. The van der Waals surface area contributed by atoms with Gasteiger partial charge in [-0.05, 0) is 0 Å². The fourth-order valence-electron chi connectivity index (χ4n) is 0.217. The van der Waals surface area contributed by atoms with Crippen molar-refractivity contribution in [2.24, 2.45) is 0 Å². The highest BCUT2D eigenvalue weighted by Gasteiger charge is 2.82. The minimum Gasteiger partial charge on any atom is -0.183 e. The van der Waals surface area contributed by atoms with Crippen molar-refractivity contribution >= 4 is 11.7 Å². The molecule has 0 aliphatic heterocycles. The first-order chi connectivity index (χ1) is 5.06. The summed E-state index contributed by atoms with van der Waals surface area (Å²) in [4.78, 5) is 0. The van der Waals surface area contributed by atoms with E-state index in [0.717, 1.165) is 0 Å². The highest BCUT2D eigenvalue weighted by molar-refractivity contribution is 7.66. The number of halogens is 7. The zero-order valence-electron chi connectivity index (χ0n) is 4.96. The van der Waals surface area contributed by atoms with E-state index in [0.29, 0.717) is 0 Å². The molecule has 0 spiro atoms. The van der Waals surface area contributed by atoms with Crippen molar-refractivity contribution in [1.82, 2.24) is 0 Å². The average molecular weight is 217 g/mol. The zero-order valence-corrected chi connectivity index (χ0v) is 5.78. The fraction of sp³-hybridized carbons (Fsp3) is 1.00. The summed E-state index contributed by atoms with van der Waals surface area (Å²) in [5, 5.41) is -5.68. The molecule has 0 atom stereocenters. The molecule has 9 heteroatoms. The summed E-state index contributed by atoms with van der Waals surface area (Å²) in [6, 6.07) is 0. The van der Waals surface area contributed by atoms with E-state index in [9.17, 15) is 34.9 Å². The molecule has 0 N–H and O–H groups in total. The fourth-order valence-corrected chi connectivity index (χ4v) is 0.438. The summed E-state index contributed by atoms with van der Waals surface area (Å²) in [6.07, 6.45) is -6.42. The van der Waals surface area contributed by atoms with Crippen molar-refractivity contribution in [3.05, 3.63) is 0 Å². The van der Waals surface area contributed by atoms with Gasteiger partial charge in [0, 0.05) is 4.21 Å². The highest BCUT2D eigenvalue weighted by Crippen LogP contribution is 2.46. The molecule has 1 nitrogen and oxygen atoms in total. The lowest BCUT2D eigenvalue weighted by Gasteiger charge is -2.16. The van der Waals surface area contributed by atoms with Crippen LogP contribution in [0.3, 0.4) is 0 Å². The molecule has 0 amide bonds. The van der Waals surface area contributed by atoms with Crippen LogP contribution in [-0.4, -0.2) is 17.4 Å². The Morgan fingerprint density at radius 1 is 0.833 bits per heavy atom. The first kappa shape index (κ1) is 11.5. The lowest BCUT2D eigenvalue weighted by atomic mass is 10.3. The van der Waals surface area contributed by atoms with Crippen molar-refractivity contribution in [3.8, 4) is 0 Å². The normalized spacial score (nSPS) is 14.6. The quantitative estimate of drug-likeness (QED) is 0.512. The summed E-state index contributed by atoms with van der Waals surface area (Å²) in [5.41, 5.74) is 0. The number of hydrogen-bond donors (Lipinski definition) is 0. The third kappa shape index (κ3) is 1.65. The van der Waals surface area contributed by atoms with Crippen LogP contribution in [0.5, 0.6) is 0 Å². The monoisotopic (exact) mass is 217 g/mol. The molecule has 0 saturated heterocycles. The Morgan fingerprint density at radius 2 is 1.17 bits per heavy atom. The summed E-state index contributed by atoms with van der Waals surface area (Å²) in [6.45, 7) is 0. The van der Waals surface area contributed by atoms with Gasteiger partial charge in [0.05, 0.1) is 0 Å². The lowest BCUT2D eigenvalue weighted by molar-refractivity contribution is -0.330. The standard InChI is InChI=1S/C3F7OS/c4-1(5,2(6,7)8)3(9,10)12-11/q+1. The van der Waals surface area contributed by atoms with Gasteiger partial charge in [-0.3, -0.25) is 0 Å². The molecule has 0 bridgehead atoms. The van der Waals surface area contributed by atoms with Gasteiger partial charge in [-0.1, -0.05) is 0 Å². The Balaban J connectivity index is 4.97. The van der Waals surface area contributed by atoms with Gasteiger partial charge in [-0.15, -0.1) is 8.78 Å². The Hall–Kier alpha value is -0.470. The predicted octanol–water partition coefficient (Wildman–Crippen LogP) is 2.20. The van der Waals surface area contributed by atoms with Crippen molar-refractivity contribution in [2.75, 3.05) is 0 Å². The number of alkyl halides is 7. The smallest absolute Gasteiger partial charge is 0.183 e. The first-order valence-electron chi connectivity index (χ1n) is 2.19. The maximum absolute atomic E-state index is 11.6.